The van der Waals surface area contributed by atoms with Gasteiger partial charge in [-0.05, 0) is 47.5 Å². The molecule has 0 aromatic carbocycles. The van der Waals surface area contributed by atoms with Gasteiger partial charge in [-0.3, -0.25) is 4.90 Å². The second kappa shape index (κ2) is 6.14. The summed E-state index contributed by atoms with van der Waals surface area (Å²) in [6.07, 6.45) is 1.89. The van der Waals surface area contributed by atoms with Gasteiger partial charge in [0.1, 0.15) is 11.3 Å². The number of rotatable bonds is 4. The molecule has 1 amide bonds. The fourth-order valence-corrected chi connectivity index (χ4v) is 2.26. The molecule has 0 saturated carbocycles. The third-order valence-corrected chi connectivity index (χ3v) is 3.22. The molecule has 20 heavy (non-hydrogen) atoms. The largest absolute Gasteiger partial charge is 0.444 e. The molecule has 1 aliphatic heterocycles. The molecule has 1 rings (SSSR count). The molecule has 0 spiro atoms. The maximum absolute atomic E-state index is 12.4. The normalized spacial score (nSPS) is 23.5. The number of amides is 1. The Bertz CT molecular complexity index is 359. The third-order valence-electron chi connectivity index (χ3n) is 3.22. The second-order valence-corrected chi connectivity index (χ2v) is 6.61. The van der Waals surface area contributed by atoms with Crippen LogP contribution in [0.3, 0.4) is 0 Å². The predicted octanol–water partition coefficient (Wildman–Crippen LogP) is 2.69. The number of aliphatic hydroxyl groups is 1. The van der Waals surface area contributed by atoms with Crippen molar-refractivity contribution in [1.82, 2.24) is 4.90 Å². The van der Waals surface area contributed by atoms with Crippen molar-refractivity contribution < 1.29 is 19.4 Å². The maximum atomic E-state index is 12.4. The molecule has 116 valence electrons. The van der Waals surface area contributed by atoms with E-state index in [1.54, 1.807) is 19.9 Å². The van der Waals surface area contributed by atoms with Crippen LogP contribution in [0.25, 0.3) is 0 Å². The first kappa shape index (κ1) is 17.0. The molecule has 2 atom stereocenters. The Morgan fingerprint density at radius 2 is 2.20 bits per heavy atom. The molecule has 0 aromatic heterocycles. The SMILES string of the molecule is C=CCCC(O)C1COC(C)(C)N1C(=O)OC(C)(C)C. The highest BCUT2D eigenvalue weighted by Crippen LogP contribution is 2.31. The number of hydrogen-bond acceptors (Lipinski definition) is 4. The Hall–Kier alpha value is -1.07. The zero-order valence-corrected chi connectivity index (χ0v) is 13.2. The van der Waals surface area contributed by atoms with Gasteiger partial charge in [0.25, 0.3) is 0 Å². The van der Waals surface area contributed by atoms with Crippen LogP contribution in [0.2, 0.25) is 0 Å². The topological polar surface area (TPSA) is 59.0 Å². The molecule has 1 fully saturated rings. The van der Waals surface area contributed by atoms with Crippen LogP contribution in [0, 0.1) is 0 Å². The Kier molecular flexibility index (Phi) is 5.21. The Labute approximate surface area is 121 Å². The van der Waals surface area contributed by atoms with Crippen LogP contribution in [-0.2, 0) is 9.47 Å². The lowest BCUT2D eigenvalue weighted by molar-refractivity contribution is -0.0680. The van der Waals surface area contributed by atoms with Crippen molar-refractivity contribution >= 4 is 6.09 Å². The van der Waals surface area contributed by atoms with E-state index in [4.69, 9.17) is 9.47 Å². The van der Waals surface area contributed by atoms with Gasteiger partial charge in [0.2, 0.25) is 0 Å². The highest BCUT2D eigenvalue weighted by atomic mass is 16.6. The predicted molar refractivity (Wildman–Crippen MR) is 77.3 cm³/mol. The van der Waals surface area contributed by atoms with Crippen LogP contribution >= 0.6 is 0 Å². The Morgan fingerprint density at radius 1 is 1.60 bits per heavy atom. The molecule has 5 nitrogen and oxygen atoms in total. The summed E-state index contributed by atoms with van der Waals surface area (Å²) in [6, 6.07) is -0.389. The van der Waals surface area contributed by atoms with E-state index in [-0.39, 0.29) is 6.04 Å². The Balaban J connectivity index is 2.85. The number of aliphatic hydroxyl groups excluding tert-OH is 1. The van der Waals surface area contributed by atoms with Gasteiger partial charge in [-0.2, -0.15) is 0 Å². The van der Waals surface area contributed by atoms with Gasteiger partial charge in [-0.15, -0.1) is 6.58 Å². The number of hydrogen-bond donors (Lipinski definition) is 1. The van der Waals surface area contributed by atoms with Gasteiger partial charge in [0.15, 0.2) is 0 Å². The number of allylic oxidation sites excluding steroid dienone is 1. The van der Waals surface area contributed by atoms with Gasteiger partial charge >= 0.3 is 6.09 Å². The van der Waals surface area contributed by atoms with E-state index in [1.165, 1.54) is 4.90 Å². The maximum Gasteiger partial charge on any atom is 0.412 e. The minimum absolute atomic E-state index is 0.310. The summed E-state index contributed by atoms with van der Waals surface area (Å²) in [7, 11) is 0. The van der Waals surface area contributed by atoms with Crippen LogP contribution in [0.5, 0.6) is 0 Å². The summed E-state index contributed by atoms with van der Waals surface area (Å²) in [4.78, 5) is 13.9. The number of ether oxygens (including phenoxy) is 2. The molecule has 1 saturated heterocycles. The van der Waals surface area contributed by atoms with E-state index in [1.807, 2.05) is 20.8 Å². The average Bonchev–Trinajstić information content (AvgIpc) is 2.59. The van der Waals surface area contributed by atoms with Gasteiger partial charge in [0.05, 0.1) is 18.8 Å². The number of carbonyl (C=O) groups is 1. The standard InChI is InChI=1S/C15H27NO4/c1-7-8-9-12(17)11-10-19-15(5,6)16(11)13(18)20-14(2,3)4/h7,11-12,17H,1,8-10H2,2-6H3. The number of carbonyl (C=O) groups excluding carboxylic acids is 1. The first-order chi connectivity index (χ1) is 9.08. The minimum atomic E-state index is -0.776. The van der Waals surface area contributed by atoms with E-state index in [9.17, 15) is 9.90 Å². The summed E-state index contributed by atoms with van der Waals surface area (Å²) in [5, 5.41) is 10.3. The first-order valence-corrected chi connectivity index (χ1v) is 7.04. The van der Waals surface area contributed by atoms with Gasteiger partial charge in [-0.1, -0.05) is 6.08 Å². The smallest absolute Gasteiger partial charge is 0.412 e. The fourth-order valence-electron chi connectivity index (χ4n) is 2.26. The zero-order valence-electron chi connectivity index (χ0n) is 13.2. The minimum Gasteiger partial charge on any atom is -0.444 e. The lowest BCUT2D eigenvalue weighted by Gasteiger charge is -2.36. The van der Waals surface area contributed by atoms with E-state index < -0.39 is 23.5 Å². The second-order valence-electron chi connectivity index (χ2n) is 6.61. The Morgan fingerprint density at radius 3 is 2.70 bits per heavy atom. The summed E-state index contributed by atoms with van der Waals surface area (Å²) in [5.74, 6) is 0. The first-order valence-electron chi connectivity index (χ1n) is 7.04. The molecule has 0 bridgehead atoms. The third kappa shape index (κ3) is 4.21. The molecular weight excluding hydrogens is 258 g/mol. The van der Waals surface area contributed by atoms with Crippen LogP contribution in [0.1, 0.15) is 47.5 Å². The average molecular weight is 285 g/mol. The van der Waals surface area contributed by atoms with E-state index >= 15 is 0 Å². The van der Waals surface area contributed by atoms with Crippen molar-refractivity contribution in [1.29, 1.82) is 0 Å². The van der Waals surface area contributed by atoms with Crippen LogP contribution in [0.4, 0.5) is 4.79 Å². The highest BCUT2D eigenvalue weighted by Gasteiger charge is 2.48. The molecule has 1 N–H and O–H groups in total. The summed E-state index contributed by atoms with van der Waals surface area (Å²) < 4.78 is 11.1. The molecule has 0 aliphatic carbocycles. The van der Waals surface area contributed by atoms with Crippen molar-refractivity contribution in [3.05, 3.63) is 12.7 Å². The monoisotopic (exact) mass is 285 g/mol. The van der Waals surface area contributed by atoms with E-state index in [0.717, 1.165) is 0 Å². The zero-order chi connectivity index (χ0) is 15.6. The molecule has 0 aromatic rings. The molecule has 0 radical (unpaired) electrons. The summed E-state index contributed by atoms with van der Waals surface area (Å²) in [5.41, 5.74) is -1.35. The molecule has 1 aliphatic rings. The van der Waals surface area contributed by atoms with Crippen LogP contribution in [-0.4, -0.2) is 46.2 Å². The van der Waals surface area contributed by atoms with E-state index in [2.05, 4.69) is 6.58 Å². The van der Waals surface area contributed by atoms with Crippen molar-refractivity contribution in [3.8, 4) is 0 Å². The van der Waals surface area contributed by atoms with Gasteiger partial charge < -0.3 is 14.6 Å². The summed E-state index contributed by atoms with van der Waals surface area (Å²) >= 11 is 0. The number of nitrogens with zero attached hydrogens (tertiary/aromatic N) is 1. The quantitative estimate of drug-likeness (QED) is 0.807. The highest BCUT2D eigenvalue weighted by molar-refractivity contribution is 5.69. The molecular formula is C15H27NO4. The van der Waals surface area contributed by atoms with Gasteiger partial charge in [-0.25, -0.2) is 4.79 Å². The van der Waals surface area contributed by atoms with Crippen LogP contribution in [0.15, 0.2) is 12.7 Å². The lowest BCUT2D eigenvalue weighted by atomic mass is 10.0. The van der Waals surface area contributed by atoms with Crippen molar-refractivity contribution in [2.75, 3.05) is 6.61 Å². The van der Waals surface area contributed by atoms with Crippen molar-refractivity contribution in [3.63, 3.8) is 0 Å². The van der Waals surface area contributed by atoms with Gasteiger partial charge in [0, 0.05) is 0 Å². The summed E-state index contributed by atoms with van der Waals surface area (Å²) in [6.45, 7) is 13.0. The molecule has 5 heteroatoms. The van der Waals surface area contributed by atoms with E-state index in [0.29, 0.717) is 19.4 Å². The van der Waals surface area contributed by atoms with Crippen molar-refractivity contribution in [2.24, 2.45) is 0 Å². The van der Waals surface area contributed by atoms with Crippen molar-refractivity contribution in [2.45, 2.75) is 70.9 Å². The van der Waals surface area contributed by atoms with Crippen LogP contribution < -0.4 is 0 Å². The molecule has 1 heterocycles. The lowest BCUT2D eigenvalue weighted by Crippen LogP contribution is -2.53. The molecule has 2 unspecified atom stereocenters. The fraction of sp³-hybridized carbons (Fsp3) is 0.800.